The number of benzene rings is 1. The van der Waals surface area contributed by atoms with Crippen LogP contribution in [0.25, 0.3) is 0 Å². The normalized spacial score (nSPS) is 10.2. The van der Waals surface area contributed by atoms with Crippen molar-refractivity contribution in [2.24, 2.45) is 0 Å². The van der Waals surface area contributed by atoms with E-state index in [1.807, 2.05) is 0 Å². The lowest BCUT2D eigenvalue weighted by atomic mass is 10.1. The quantitative estimate of drug-likeness (QED) is 0.813. The maximum Gasteiger partial charge on any atom is 0.335 e. The van der Waals surface area contributed by atoms with Crippen LogP contribution in [-0.4, -0.2) is 20.9 Å². The van der Waals surface area contributed by atoms with Crippen molar-refractivity contribution >= 4 is 5.97 Å². The van der Waals surface area contributed by atoms with Crippen molar-refractivity contribution in [3.05, 3.63) is 68.2 Å². The third-order valence-electron chi connectivity index (χ3n) is 2.43. The fraction of sp³-hybridized carbons (Fsp3) is 0.0833. The Hall–Kier alpha value is -2.63. The predicted molar refractivity (Wildman–Crippen MR) is 63.8 cm³/mol. The standard InChI is InChI=1S/C12H10N2O4/c15-10-5-6-11(16)14(13-10)7-8-1-3-9(4-2-8)12(17)18/h1-6H,7H2,(H,13,15)(H,17,18). The van der Waals surface area contributed by atoms with Crippen LogP contribution in [-0.2, 0) is 6.54 Å². The summed E-state index contributed by atoms with van der Waals surface area (Å²) in [7, 11) is 0. The minimum Gasteiger partial charge on any atom is -0.478 e. The molecule has 92 valence electrons. The van der Waals surface area contributed by atoms with Gasteiger partial charge < -0.3 is 5.11 Å². The van der Waals surface area contributed by atoms with Gasteiger partial charge >= 0.3 is 5.97 Å². The molecule has 6 heteroatoms. The zero-order chi connectivity index (χ0) is 13.1. The lowest BCUT2D eigenvalue weighted by Gasteiger charge is -2.05. The Labute approximate surface area is 101 Å². The topological polar surface area (TPSA) is 92.2 Å². The van der Waals surface area contributed by atoms with Crippen molar-refractivity contribution in [2.75, 3.05) is 0 Å². The first kappa shape index (κ1) is 11.8. The lowest BCUT2D eigenvalue weighted by molar-refractivity contribution is 0.0697. The van der Waals surface area contributed by atoms with Crippen molar-refractivity contribution in [3.63, 3.8) is 0 Å². The zero-order valence-electron chi connectivity index (χ0n) is 9.29. The summed E-state index contributed by atoms with van der Waals surface area (Å²) in [6.45, 7) is 0.189. The van der Waals surface area contributed by atoms with E-state index in [2.05, 4.69) is 5.10 Å². The lowest BCUT2D eigenvalue weighted by Crippen LogP contribution is -2.28. The molecule has 0 amide bonds. The number of carboxylic acids is 1. The average molecular weight is 246 g/mol. The number of carbonyl (C=O) groups is 1. The molecule has 0 radical (unpaired) electrons. The number of aromatic nitrogens is 2. The molecule has 0 atom stereocenters. The number of nitrogens with zero attached hydrogens (tertiary/aromatic N) is 1. The Morgan fingerprint density at radius 2 is 1.78 bits per heavy atom. The van der Waals surface area contributed by atoms with Crippen LogP contribution in [0.4, 0.5) is 0 Å². The number of aromatic amines is 1. The summed E-state index contributed by atoms with van der Waals surface area (Å²) in [4.78, 5) is 33.2. The van der Waals surface area contributed by atoms with Gasteiger partial charge in [0.05, 0.1) is 12.1 Å². The van der Waals surface area contributed by atoms with E-state index in [-0.39, 0.29) is 23.2 Å². The molecule has 1 heterocycles. The first-order chi connectivity index (χ1) is 8.56. The Morgan fingerprint density at radius 3 is 2.39 bits per heavy atom. The highest BCUT2D eigenvalue weighted by atomic mass is 16.4. The second-order valence-electron chi connectivity index (χ2n) is 3.74. The molecule has 0 aliphatic rings. The fourth-order valence-corrected chi connectivity index (χ4v) is 1.52. The molecule has 2 aromatic rings. The molecule has 0 aliphatic heterocycles. The number of nitrogens with one attached hydrogen (secondary N) is 1. The summed E-state index contributed by atoms with van der Waals surface area (Å²) < 4.78 is 1.16. The smallest absolute Gasteiger partial charge is 0.335 e. The maximum atomic E-state index is 11.4. The average Bonchev–Trinajstić information content (AvgIpc) is 2.34. The van der Waals surface area contributed by atoms with Crippen LogP contribution in [0.2, 0.25) is 0 Å². The summed E-state index contributed by atoms with van der Waals surface area (Å²) in [6.07, 6.45) is 0. The SMILES string of the molecule is O=C(O)c1ccc(Cn2[nH]c(=O)ccc2=O)cc1. The molecule has 0 unspecified atom stereocenters. The van der Waals surface area contributed by atoms with Crippen LogP contribution in [0.15, 0.2) is 46.0 Å². The second-order valence-corrected chi connectivity index (χ2v) is 3.74. The van der Waals surface area contributed by atoms with Crippen LogP contribution < -0.4 is 11.1 Å². The molecule has 2 N–H and O–H groups in total. The fourth-order valence-electron chi connectivity index (χ4n) is 1.52. The van der Waals surface area contributed by atoms with Gasteiger partial charge in [-0.15, -0.1) is 0 Å². The molecule has 2 rings (SSSR count). The van der Waals surface area contributed by atoms with Crippen LogP contribution in [0.1, 0.15) is 15.9 Å². The predicted octanol–water partition coefficient (Wildman–Crippen LogP) is 0.283. The molecule has 0 fully saturated rings. The van der Waals surface area contributed by atoms with Crippen molar-refractivity contribution in [2.45, 2.75) is 6.54 Å². The number of rotatable bonds is 3. The summed E-state index contributed by atoms with van der Waals surface area (Å²) in [5.74, 6) is -1.01. The first-order valence-electron chi connectivity index (χ1n) is 5.19. The van der Waals surface area contributed by atoms with E-state index in [0.717, 1.165) is 16.3 Å². The van der Waals surface area contributed by atoms with Gasteiger partial charge in [-0.05, 0) is 17.7 Å². The van der Waals surface area contributed by atoms with Gasteiger partial charge in [-0.3, -0.25) is 14.7 Å². The molecule has 1 aromatic carbocycles. The van der Waals surface area contributed by atoms with Gasteiger partial charge in [0, 0.05) is 12.1 Å². The highest BCUT2D eigenvalue weighted by Gasteiger charge is 2.03. The van der Waals surface area contributed by atoms with Gasteiger partial charge in [0.1, 0.15) is 0 Å². The summed E-state index contributed by atoms with van der Waals surface area (Å²) in [5.41, 5.74) is 0.213. The van der Waals surface area contributed by atoms with Crippen molar-refractivity contribution in [1.82, 2.24) is 9.78 Å². The van der Waals surface area contributed by atoms with Gasteiger partial charge in [0.15, 0.2) is 0 Å². The molecule has 0 spiro atoms. The van der Waals surface area contributed by atoms with Crippen molar-refractivity contribution < 1.29 is 9.90 Å². The number of H-pyrrole nitrogens is 1. The number of hydrogen-bond donors (Lipinski definition) is 2. The van der Waals surface area contributed by atoms with Crippen LogP contribution in [0, 0.1) is 0 Å². The molecule has 1 aromatic heterocycles. The number of hydrogen-bond acceptors (Lipinski definition) is 3. The molecular formula is C12H10N2O4. The van der Waals surface area contributed by atoms with E-state index in [1.54, 1.807) is 12.1 Å². The number of carboxylic acid groups (broad SMARTS) is 1. The molecule has 0 aliphatic carbocycles. The van der Waals surface area contributed by atoms with E-state index in [9.17, 15) is 14.4 Å². The molecule has 18 heavy (non-hydrogen) atoms. The van der Waals surface area contributed by atoms with Gasteiger partial charge in [-0.25, -0.2) is 9.48 Å². The van der Waals surface area contributed by atoms with Gasteiger partial charge in [0.25, 0.3) is 11.1 Å². The zero-order valence-corrected chi connectivity index (χ0v) is 9.29. The van der Waals surface area contributed by atoms with E-state index in [1.165, 1.54) is 18.2 Å². The highest BCUT2D eigenvalue weighted by molar-refractivity contribution is 5.87. The van der Waals surface area contributed by atoms with Crippen LogP contribution in [0.3, 0.4) is 0 Å². The largest absolute Gasteiger partial charge is 0.478 e. The molecule has 0 bridgehead atoms. The van der Waals surface area contributed by atoms with Crippen LogP contribution in [0.5, 0.6) is 0 Å². The molecule has 6 nitrogen and oxygen atoms in total. The van der Waals surface area contributed by atoms with Crippen molar-refractivity contribution in [3.8, 4) is 0 Å². The van der Waals surface area contributed by atoms with Crippen molar-refractivity contribution in [1.29, 1.82) is 0 Å². The highest BCUT2D eigenvalue weighted by Crippen LogP contribution is 2.04. The van der Waals surface area contributed by atoms with E-state index in [4.69, 9.17) is 5.11 Å². The minimum absolute atomic E-state index is 0.174. The van der Waals surface area contributed by atoms with Gasteiger partial charge in [-0.2, -0.15) is 0 Å². The molecule has 0 saturated heterocycles. The summed E-state index contributed by atoms with van der Waals surface area (Å²) in [5, 5.41) is 11.1. The van der Waals surface area contributed by atoms with E-state index in [0.29, 0.717) is 0 Å². The van der Waals surface area contributed by atoms with Gasteiger partial charge in [0.2, 0.25) is 0 Å². The Morgan fingerprint density at radius 1 is 1.11 bits per heavy atom. The van der Waals surface area contributed by atoms with E-state index >= 15 is 0 Å². The summed E-state index contributed by atoms with van der Waals surface area (Å²) >= 11 is 0. The minimum atomic E-state index is -1.01. The maximum absolute atomic E-state index is 11.4. The third-order valence-corrected chi connectivity index (χ3v) is 2.43. The van der Waals surface area contributed by atoms with Crippen LogP contribution >= 0.6 is 0 Å². The van der Waals surface area contributed by atoms with Gasteiger partial charge in [-0.1, -0.05) is 12.1 Å². The summed E-state index contributed by atoms with van der Waals surface area (Å²) in [6, 6.07) is 8.44. The molecule has 0 saturated carbocycles. The third kappa shape index (κ3) is 2.54. The van der Waals surface area contributed by atoms with E-state index < -0.39 is 5.97 Å². The monoisotopic (exact) mass is 246 g/mol. The second kappa shape index (κ2) is 4.70. The Balaban J connectivity index is 2.29. The molecular weight excluding hydrogens is 236 g/mol. The Kier molecular flexibility index (Phi) is 3.09. The Bertz CT molecular complexity index is 682. The number of aromatic carboxylic acids is 1. The first-order valence-corrected chi connectivity index (χ1v) is 5.19.